The van der Waals surface area contributed by atoms with Crippen LogP contribution in [-0.4, -0.2) is 33.8 Å². The van der Waals surface area contributed by atoms with E-state index in [-0.39, 0.29) is 18.1 Å². The van der Waals surface area contributed by atoms with Gasteiger partial charge in [0.1, 0.15) is 34.7 Å². The summed E-state index contributed by atoms with van der Waals surface area (Å²) in [6.07, 6.45) is -0.577. The summed E-state index contributed by atoms with van der Waals surface area (Å²) in [5, 5.41) is 10.6. The van der Waals surface area contributed by atoms with E-state index in [2.05, 4.69) is 39.9 Å². The van der Waals surface area contributed by atoms with Crippen LogP contribution in [0, 0.1) is 6.92 Å². The van der Waals surface area contributed by atoms with Crippen molar-refractivity contribution >= 4 is 23.1 Å². The summed E-state index contributed by atoms with van der Waals surface area (Å²) in [6.45, 7) is 3.60. The molecule has 1 atom stereocenters. The van der Waals surface area contributed by atoms with E-state index in [1.54, 1.807) is 38.1 Å². The molecule has 1 aliphatic carbocycles. The van der Waals surface area contributed by atoms with Gasteiger partial charge in [0.15, 0.2) is 0 Å². The predicted molar refractivity (Wildman–Crippen MR) is 139 cm³/mol. The number of amides is 1. The van der Waals surface area contributed by atoms with Crippen LogP contribution in [0.15, 0.2) is 83.3 Å². The molecule has 0 bridgehead atoms. The normalized spacial score (nSPS) is 13.1. The molecule has 3 aromatic carbocycles. The minimum atomic E-state index is -0.651. The van der Waals surface area contributed by atoms with E-state index in [1.807, 2.05) is 30.3 Å². The van der Waals surface area contributed by atoms with E-state index in [1.165, 1.54) is 0 Å². The third kappa shape index (κ3) is 4.17. The topological polar surface area (TPSA) is 108 Å². The molecule has 9 nitrogen and oxygen atoms in total. The van der Waals surface area contributed by atoms with Gasteiger partial charge in [-0.1, -0.05) is 65.5 Å². The smallest absolute Gasteiger partial charge is 0.407 e. The van der Waals surface area contributed by atoms with Gasteiger partial charge in [0.25, 0.3) is 0 Å². The highest BCUT2D eigenvalue weighted by Gasteiger charge is 2.29. The van der Waals surface area contributed by atoms with Crippen molar-refractivity contribution in [3.8, 4) is 11.1 Å². The summed E-state index contributed by atoms with van der Waals surface area (Å²) < 4.78 is 11.4. The molecule has 1 aliphatic rings. The van der Waals surface area contributed by atoms with Gasteiger partial charge < -0.3 is 19.3 Å². The van der Waals surface area contributed by atoms with E-state index in [0.717, 1.165) is 27.1 Å². The van der Waals surface area contributed by atoms with E-state index in [0.29, 0.717) is 22.6 Å². The van der Waals surface area contributed by atoms with Crippen molar-refractivity contribution in [2.45, 2.75) is 25.8 Å². The lowest BCUT2D eigenvalue weighted by molar-refractivity contribution is 0.0407. The van der Waals surface area contributed by atoms with Crippen molar-refractivity contribution < 1.29 is 23.6 Å². The van der Waals surface area contributed by atoms with Crippen molar-refractivity contribution in [3.05, 3.63) is 107 Å². The van der Waals surface area contributed by atoms with E-state index in [4.69, 9.17) is 14.0 Å². The van der Waals surface area contributed by atoms with Crippen LogP contribution in [0.1, 0.15) is 51.9 Å². The zero-order valence-corrected chi connectivity index (χ0v) is 20.8. The second-order valence-electron chi connectivity index (χ2n) is 9.14. The molecule has 6 rings (SSSR count). The summed E-state index contributed by atoms with van der Waals surface area (Å²) in [7, 11) is 0. The van der Waals surface area contributed by atoms with Crippen LogP contribution in [0.5, 0.6) is 0 Å². The summed E-state index contributed by atoms with van der Waals surface area (Å²) in [4.78, 5) is 32.0. The number of nitrogens with one attached hydrogen (secondary N) is 1. The number of rotatable bonds is 6. The summed E-state index contributed by atoms with van der Waals surface area (Å²) in [5.41, 5.74) is 5.99. The molecule has 38 heavy (non-hydrogen) atoms. The predicted octanol–water partition coefficient (Wildman–Crippen LogP) is 5.20. The molecular formula is C29H24N4O5. The maximum atomic E-state index is 12.8. The molecule has 9 heteroatoms. The SMILES string of the molecule is Cc1oc([C@@H](C)NC(=O)OCC2c3ccccc3-c3ccccc32)cc1C(=O)On1nnc2ccccc21. The third-order valence-corrected chi connectivity index (χ3v) is 6.75. The van der Waals surface area contributed by atoms with Gasteiger partial charge in [-0.05, 0) is 59.5 Å². The Labute approximate surface area is 217 Å². The first-order chi connectivity index (χ1) is 18.5. The highest BCUT2D eigenvalue weighted by atomic mass is 16.7. The highest BCUT2D eigenvalue weighted by molar-refractivity contribution is 5.91. The Morgan fingerprint density at radius 1 is 1.00 bits per heavy atom. The fourth-order valence-electron chi connectivity index (χ4n) is 4.85. The fourth-order valence-corrected chi connectivity index (χ4v) is 4.85. The summed E-state index contributed by atoms with van der Waals surface area (Å²) in [6, 6.07) is 24.5. The van der Waals surface area contributed by atoms with E-state index < -0.39 is 18.1 Å². The van der Waals surface area contributed by atoms with Gasteiger partial charge in [-0.2, -0.15) is 0 Å². The zero-order chi connectivity index (χ0) is 26.2. The van der Waals surface area contributed by atoms with Crippen molar-refractivity contribution in [3.63, 3.8) is 0 Å². The van der Waals surface area contributed by atoms with Crippen LogP contribution < -0.4 is 10.2 Å². The van der Waals surface area contributed by atoms with Gasteiger partial charge in [0, 0.05) is 5.92 Å². The minimum absolute atomic E-state index is 0.0384. The van der Waals surface area contributed by atoms with Crippen molar-refractivity contribution in [1.29, 1.82) is 0 Å². The first-order valence-corrected chi connectivity index (χ1v) is 12.2. The molecule has 2 aromatic heterocycles. The zero-order valence-electron chi connectivity index (χ0n) is 20.8. The minimum Gasteiger partial charge on any atom is -0.463 e. The van der Waals surface area contributed by atoms with Crippen LogP contribution in [-0.2, 0) is 4.74 Å². The number of hydrogen-bond donors (Lipinski definition) is 1. The lowest BCUT2D eigenvalue weighted by Crippen LogP contribution is -2.28. The van der Waals surface area contributed by atoms with Crippen LogP contribution in [0.4, 0.5) is 4.79 Å². The summed E-state index contributed by atoms with van der Waals surface area (Å²) in [5.74, 6) is 0.0621. The lowest BCUT2D eigenvalue weighted by atomic mass is 9.98. The number of benzene rings is 3. The molecule has 0 radical (unpaired) electrons. The van der Waals surface area contributed by atoms with Gasteiger partial charge >= 0.3 is 12.1 Å². The molecule has 190 valence electrons. The number of para-hydroxylation sites is 1. The lowest BCUT2D eigenvalue weighted by Gasteiger charge is -2.16. The van der Waals surface area contributed by atoms with Gasteiger partial charge in [0.05, 0.1) is 6.04 Å². The average Bonchev–Trinajstić information content (AvgIpc) is 3.61. The largest absolute Gasteiger partial charge is 0.463 e. The molecule has 0 spiro atoms. The Bertz CT molecular complexity index is 1630. The number of ether oxygens (including phenoxy) is 1. The van der Waals surface area contributed by atoms with Crippen LogP contribution in [0.3, 0.4) is 0 Å². The van der Waals surface area contributed by atoms with E-state index >= 15 is 0 Å². The number of aryl methyl sites for hydroxylation is 1. The first-order valence-electron chi connectivity index (χ1n) is 12.2. The monoisotopic (exact) mass is 508 g/mol. The Morgan fingerprint density at radius 2 is 1.66 bits per heavy atom. The van der Waals surface area contributed by atoms with Gasteiger partial charge in [0.2, 0.25) is 0 Å². The second-order valence-corrected chi connectivity index (χ2v) is 9.14. The molecule has 0 unspecified atom stereocenters. The molecule has 5 aromatic rings. The number of alkyl carbamates (subject to hydrolysis) is 1. The number of carbonyl (C=O) groups excluding carboxylic acids is 2. The van der Waals surface area contributed by atoms with Crippen molar-refractivity contribution in [2.24, 2.45) is 0 Å². The van der Waals surface area contributed by atoms with Gasteiger partial charge in [-0.25, -0.2) is 9.59 Å². The van der Waals surface area contributed by atoms with Gasteiger partial charge in [-0.3, -0.25) is 0 Å². The average molecular weight is 509 g/mol. The Morgan fingerprint density at radius 3 is 2.39 bits per heavy atom. The molecule has 2 heterocycles. The quantitative estimate of drug-likeness (QED) is 0.314. The standard InChI is InChI=1S/C29H24N4O5/c1-17(27-15-23(18(2)37-27)28(34)38-33-26-14-8-7-13-25(26)31-32-33)30-29(35)36-16-24-21-11-5-3-9-19(21)20-10-4-6-12-22(20)24/h3-15,17,24H,16H2,1-2H3,(H,30,35)/t17-/m1/s1. The summed E-state index contributed by atoms with van der Waals surface area (Å²) >= 11 is 0. The number of nitrogens with zero attached hydrogens (tertiary/aromatic N) is 3. The number of fused-ring (bicyclic) bond motifs is 4. The Kier molecular flexibility index (Phi) is 5.88. The molecule has 1 N–H and O–H groups in total. The molecule has 0 fully saturated rings. The van der Waals surface area contributed by atoms with Crippen molar-refractivity contribution in [1.82, 2.24) is 20.5 Å². The first kappa shape index (κ1) is 23.5. The third-order valence-electron chi connectivity index (χ3n) is 6.75. The molecule has 0 saturated heterocycles. The van der Waals surface area contributed by atoms with Gasteiger partial charge in [-0.15, -0.1) is 5.10 Å². The Hall–Kier alpha value is -4.92. The number of hydrogen-bond acceptors (Lipinski definition) is 7. The molecule has 0 aliphatic heterocycles. The molecule has 1 amide bonds. The Balaban J connectivity index is 1.10. The highest BCUT2D eigenvalue weighted by Crippen LogP contribution is 2.44. The van der Waals surface area contributed by atoms with Crippen molar-refractivity contribution in [2.75, 3.05) is 6.61 Å². The fraction of sp³-hybridized carbons (Fsp3) is 0.172. The van der Waals surface area contributed by atoms with Crippen LogP contribution in [0.25, 0.3) is 22.2 Å². The number of furan rings is 1. The second kappa shape index (κ2) is 9.51. The number of carbonyl (C=O) groups is 2. The van der Waals surface area contributed by atoms with Crippen LogP contribution in [0.2, 0.25) is 0 Å². The maximum absolute atomic E-state index is 12.8. The maximum Gasteiger partial charge on any atom is 0.407 e. The molecule has 0 saturated carbocycles. The number of aromatic nitrogens is 3. The molecular weight excluding hydrogens is 484 g/mol. The van der Waals surface area contributed by atoms with Crippen LogP contribution >= 0.6 is 0 Å². The van der Waals surface area contributed by atoms with E-state index in [9.17, 15) is 9.59 Å².